The molecule has 0 aliphatic carbocycles. The normalized spacial score (nSPS) is 20.1. The van der Waals surface area contributed by atoms with Crippen LogP contribution in [0, 0.1) is 0 Å². The largest absolute Gasteiger partial charge is 0.393 e. The Bertz CT molecular complexity index is 547. The number of nitrogens with zero attached hydrogens (tertiary/aromatic N) is 1. The highest BCUT2D eigenvalue weighted by molar-refractivity contribution is 5.99. The number of aliphatic hydroxyl groups excluding tert-OH is 2. The lowest BCUT2D eigenvalue weighted by atomic mass is 10.0. The summed E-state index contributed by atoms with van der Waals surface area (Å²) in [6.45, 7) is 1.14. The van der Waals surface area contributed by atoms with Gasteiger partial charge in [0.25, 0.3) is 0 Å². The van der Waals surface area contributed by atoms with Crippen molar-refractivity contribution in [3.05, 3.63) is 41.5 Å². The summed E-state index contributed by atoms with van der Waals surface area (Å²) in [7, 11) is 0. The molecule has 0 aromatic heterocycles. The molecule has 0 amide bonds. The third kappa shape index (κ3) is 2.29. The van der Waals surface area contributed by atoms with Crippen molar-refractivity contribution in [3.63, 3.8) is 0 Å². The third-order valence-corrected chi connectivity index (χ3v) is 3.45. The molecule has 3 rings (SSSR count). The molecule has 106 valence electrons. The maximum absolute atomic E-state index is 9.28. The van der Waals surface area contributed by atoms with E-state index in [0.717, 1.165) is 35.7 Å². The van der Waals surface area contributed by atoms with Crippen LogP contribution in [0.1, 0.15) is 11.1 Å². The van der Waals surface area contributed by atoms with Crippen molar-refractivity contribution in [1.29, 1.82) is 0 Å². The number of rotatable bonds is 4. The van der Waals surface area contributed by atoms with Crippen LogP contribution in [0.2, 0.25) is 0 Å². The van der Waals surface area contributed by atoms with Gasteiger partial charge in [-0.3, -0.25) is 15.3 Å². The van der Waals surface area contributed by atoms with Crippen molar-refractivity contribution >= 4 is 11.5 Å². The van der Waals surface area contributed by atoms with Crippen LogP contribution in [0.15, 0.2) is 35.3 Å². The van der Waals surface area contributed by atoms with Crippen molar-refractivity contribution in [2.75, 3.05) is 26.3 Å². The van der Waals surface area contributed by atoms with Crippen LogP contribution in [0.3, 0.4) is 0 Å². The number of hydrogen-bond donors (Lipinski definition) is 4. The van der Waals surface area contributed by atoms with Crippen LogP contribution in [0.4, 0.5) is 0 Å². The zero-order chi connectivity index (χ0) is 14.0. The van der Waals surface area contributed by atoms with Gasteiger partial charge in [-0.15, -0.1) is 0 Å². The van der Waals surface area contributed by atoms with Gasteiger partial charge in [0.2, 0.25) is 0 Å². The molecule has 0 radical (unpaired) electrons. The van der Waals surface area contributed by atoms with Gasteiger partial charge in [-0.05, 0) is 11.6 Å². The summed E-state index contributed by atoms with van der Waals surface area (Å²) in [5.41, 5.74) is 4.41. The highest BCUT2D eigenvalue weighted by Gasteiger charge is 2.34. The molecule has 2 aliphatic rings. The molecule has 1 aromatic carbocycles. The van der Waals surface area contributed by atoms with Crippen molar-refractivity contribution in [3.8, 4) is 0 Å². The number of nitrogens with one attached hydrogen (secondary N) is 2. The number of benzene rings is 1. The summed E-state index contributed by atoms with van der Waals surface area (Å²) >= 11 is 0. The molecular formula is C14H17N3O3. The van der Waals surface area contributed by atoms with Crippen LogP contribution >= 0.6 is 0 Å². The number of aliphatic imine (C=N–C) groups is 1. The van der Waals surface area contributed by atoms with E-state index in [1.165, 1.54) is 0 Å². The first kappa shape index (κ1) is 13.1. The minimum Gasteiger partial charge on any atom is -0.393 e. The highest BCUT2D eigenvalue weighted by atomic mass is 16.7. The second-order valence-electron chi connectivity index (χ2n) is 4.88. The molecule has 6 heteroatoms. The fourth-order valence-electron chi connectivity index (χ4n) is 2.23. The van der Waals surface area contributed by atoms with Gasteiger partial charge in [-0.1, -0.05) is 24.3 Å². The van der Waals surface area contributed by atoms with Crippen molar-refractivity contribution in [2.24, 2.45) is 4.99 Å². The van der Waals surface area contributed by atoms with Crippen molar-refractivity contribution < 1.29 is 15.1 Å². The number of hydroxylamine groups is 1. The third-order valence-electron chi connectivity index (χ3n) is 3.45. The number of hydrogen-bond acceptors (Lipinski definition) is 6. The topological polar surface area (TPSA) is 86.1 Å². The maximum atomic E-state index is 9.28. The lowest BCUT2D eigenvalue weighted by Crippen LogP contribution is -2.37. The maximum Gasteiger partial charge on any atom is 0.162 e. The van der Waals surface area contributed by atoms with Gasteiger partial charge < -0.3 is 15.5 Å². The minimum atomic E-state index is -1.05. The lowest BCUT2D eigenvalue weighted by Gasteiger charge is -2.18. The molecule has 0 bridgehead atoms. The van der Waals surface area contributed by atoms with Gasteiger partial charge in [0.05, 0.1) is 25.5 Å². The molecule has 0 atom stereocenters. The van der Waals surface area contributed by atoms with Gasteiger partial charge >= 0.3 is 0 Å². The van der Waals surface area contributed by atoms with Crippen molar-refractivity contribution in [2.45, 2.75) is 5.60 Å². The van der Waals surface area contributed by atoms with E-state index in [2.05, 4.69) is 15.8 Å². The van der Waals surface area contributed by atoms with E-state index in [1.807, 2.05) is 24.3 Å². The van der Waals surface area contributed by atoms with Gasteiger partial charge in [-0.25, -0.2) is 0 Å². The second-order valence-corrected chi connectivity index (χ2v) is 4.88. The summed E-state index contributed by atoms with van der Waals surface area (Å²) < 4.78 is 0. The zero-order valence-corrected chi connectivity index (χ0v) is 11.0. The molecule has 4 N–H and O–H groups in total. The van der Waals surface area contributed by atoms with E-state index in [9.17, 15) is 10.2 Å². The fraction of sp³-hybridized carbons (Fsp3) is 0.357. The number of amidine groups is 1. The summed E-state index contributed by atoms with van der Waals surface area (Å²) in [6, 6.07) is 7.86. The van der Waals surface area contributed by atoms with E-state index in [1.54, 1.807) is 6.08 Å². The Morgan fingerprint density at radius 3 is 2.40 bits per heavy atom. The average molecular weight is 275 g/mol. The van der Waals surface area contributed by atoms with E-state index in [0.29, 0.717) is 0 Å². The molecular weight excluding hydrogens is 258 g/mol. The molecule has 2 heterocycles. The highest BCUT2D eigenvalue weighted by Crippen LogP contribution is 2.25. The van der Waals surface area contributed by atoms with E-state index >= 15 is 0 Å². The van der Waals surface area contributed by atoms with E-state index < -0.39 is 5.60 Å². The first-order chi connectivity index (χ1) is 9.76. The first-order valence-corrected chi connectivity index (χ1v) is 6.54. The van der Waals surface area contributed by atoms with Crippen LogP contribution in [0.5, 0.6) is 0 Å². The van der Waals surface area contributed by atoms with Crippen LogP contribution in [-0.4, -0.2) is 48.0 Å². The Kier molecular flexibility index (Phi) is 3.43. The Labute approximate surface area is 116 Å². The van der Waals surface area contributed by atoms with Crippen LogP contribution in [0.25, 0.3) is 5.70 Å². The SMILES string of the molecule is OCC1(CO)C=C(c2ccc(C3=NCCN3)cc2)NO1. The predicted molar refractivity (Wildman–Crippen MR) is 74.9 cm³/mol. The molecule has 0 fully saturated rings. The summed E-state index contributed by atoms with van der Waals surface area (Å²) in [6.07, 6.45) is 1.70. The predicted octanol–water partition coefficient (Wildman–Crippen LogP) is -0.364. The number of aliphatic hydroxyl groups is 2. The Balaban J connectivity index is 1.82. The fourth-order valence-corrected chi connectivity index (χ4v) is 2.23. The van der Waals surface area contributed by atoms with E-state index in [4.69, 9.17) is 4.84 Å². The quantitative estimate of drug-likeness (QED) is 0.603. The summed E-state index contributed by atoms with van der Waals surface area (Å²) in [5.74, 6) is 0.918. The van der Waals surface area contributed by atoms with Gasteiger partial charge in [0.15, 0.2) is 5.60 Å². The Morgan fingerprint density at radius 2 is 1.85 bits per heavy atom. The summed E-state index contributed by atoms with van der Waals surface area (Å²) in [4.78, 5) is 9.62. The smallest absolute Gasteiger partial charge is 0.162 e. The van der Waals surface area contributed by atoms with Gasteiger partial charge in [0, 0.05) is 12.1 Å². The molecule has 0 saturated heterocycles. The standard InChI is InChI=1S/C14H17N3O3/c18-8-14(9-19)7-12(17-20-14)10-1-3-11(4-2-10)13-15-5-6-16-13/h1-4,7,17-19H,5-6,8-9H2,(H,15,16). The zero-order valence-electron chi connectivity index (χ0n) is 11.0. The Hall–Kier alpha value is -1.89. The first-order valence-electron chi connectivity index (χ1n) is 6.54. The Morgan fingerprint density at radius 1 is 1.15 bits per heavy atom. The second kappa shape index (κ2) is 5.24. The molecule has 1 aromatic rings. The van der Waals surface area contributed by atoms with Gasteiger partial charge in [0.1, 0.15) is 5.84 Å². The van der Waals surface area contributed by atoms with E-state index in [-0.39, 0.29) is 13.2 Å². The monoisotopic (exact) mass is 275 g/mol. The molecule has 0 saturated carbocycles. The van der Waals surface area contributed by atoms with Crippen LogP contribution < -0.4 is 10.8 Å². The summed E-state index contributed by atoms with van der Waals surface area (Å²) in [5, 5.41) is 21.8. The minimum absolute atomic E-state index is 0.279. The molecule has 6 nitrogen and oxygen atoms in total. The molecule has 20 heavy (non-hydrogen) atoms. The molecule has 0 spiro atoms. The van der Waals surface area contributed by atoms with Crippen molar-refractivity contribution in [1.82, 2.24) is 10.8 Å². The van der Waals surface area contributed by atoms with Crippen LogP contribution in [-0.2, 0) is 4.84 Å². The lowest BCUT2D eigenvalue weighted by molar-refractivity contribution is -0.0922. The molecule has 2 aliphatic heterocycles. The molecule has 0 unspecified atom stereocenters. The van der Waals surface area contributed by atoms with Gasteiger partial charge in [-0.2, -0.15) is 0 Å². The average Bonchev–Trinajstić information content (AvgIpc) is 3.18.